The Balaban J connectivity index is 1.49. The highest BCUT2D eigenvalue weighted by Crippen LogP contribution is 2.21. The number of hydrogen-bond acceptors (Lipinski definition) is 5. The third-order valence-electron chi connectivity index (χ3n) is 4.37. The second kappa shape index (κ2) is 9.23. The molecule has 7 nitrogen and oxygen atoms in total. The van der Waals surface area contributed by atoms with Crippen molar-refractivity contribution in [3.63, 3.8) is 0 Å². The molecule has 0 aromatic heterocycles. The molecule has 0 heterocycles. The quantitative estimate of drug-likeness (QED) is 0.669. The number of nitrogens with one attached hydrogen (secondary N) is 2. The number of benzene rings is 2. The lowest BCUT2D eigenvalue weighted by molar-refractivity contribution is -0.153. The minimum atomic E-state index is -0.859. The van der Waals surface area contributed by atoms with Gasteiger partial charge in [-0.25, -0.2) is 4.79 Å². The van der Waals surface area contributed by atoms with Crippen LogP contribution in [0.4, 0.5) is 5.69 Å². The summed E-state index contributed by atoms with van der Waals surface area (Å²) in [6.07, 6.45) is 1.08. The van der Waals surface area contributed by atoms with Crippen LogP contribution in [0.2, 0.25) is 0 Å². The van der Waals surface area contributed by atoms with E-state index in [0.717, 1.165) is 18.4 Å². The number of rotatable bonds is 8. The molecule has 2 aromatic carbocycles. The van der Waals surface area contributed by atoms with Crippen LogP contribution < -0.4 is 15.4 Å². The molecule has 0 bridgehead atoms. The molecule has 1 aliphatic carbocycles. The van der Waals surface area contributed by atoms with Crippen molar-refractivity contribution in [1.82, 2.24) is 5.32 Å². The molecule has 0 spiro atoms. The van der Waals surface area contributed by atoms with Crippen LogP contribution in [0.3, 0.4) is 0 Å². The Morgan fingerprint density at radius 1 is 1.07 bits per heavy atom. The third-order valence-corrected chi connectivity index (χ3v) is 4.37. The molecule has 1 fully saturated rings. The van der Waals surface area contributed by atoms with Crippen LogP contribution in [-0.2, 0) is 14.3 Å². The maximum absolute atomic E-state index is 12.3. The molecule has 0 radical (unpaired) electrons. The molecular weight excluding hydrogens is 372 g/mol. The van der Waals surface area contributed by atoms with Crippen LogP contribution in [0.25, 0.3) is 0 Å². The second-order valence-electron chi connectivity index (χ2n) is 7.02. The van der Waals surface area contributed by atoms with Crippen molar-refractivity contribution < 1.29 is 23.9 Å². The van der Waals surface area contributed by atoms with E-state index in [1.54, 1.807) is 43.3 Å². The highest BCUT2D eigenvalue weighted by atomic mass is 16.6. The average molecular weight is 396 g/mol. The van der Waals surface area contributed by atoms with Gasteiger partial charge in [-0.15, -0.1) is 0 Å². The first kappa shape index (κ1) is 20.4. The van der Waals surface area contributed by atoms with Gasteiger partial charge in [0.15, 0.2) is 12.7 Å². The summed E-state index contributed by atoms with van der Waals surface area (Å²) in [5, 5.41) is 5.50. The zero-order valence-electron chi connectivity index (χ0n) is 16.4. The Labute approximate surface area is 169 Å². The normalized spacial score (nSPS) is 13.9. The Hall–Kier alpha value is -3.35. The molecule has 1 atom stereocenters. The Bertz CT molecular complexity index is 890. The number of hydrogen-bond donors (Lipinski definition) is 2. The minimum absolute atomic E-state index is 0.210. The summed E-state index contributed by atoms with van der Waals surface area (Å²) in [7, 11) is 0. The Kier molecular flexibility index (Phi) is 6.49. The van der Waals surface area contributed by atoms with Gasteiger partial charge in [-0.2, -0.15) is 0 Å². The number of carbonyl (C=O) groups excluding carboxylic acids is 3. The Morgan fingerprint density at radius 2 is 1.76 bits per heavy atom. The van der Waals surface area contributed by atoms with E-state index in [4.69, 9.17) is 9.47 Å². The van der Waals surface area contributed by atoms with E-state index in [9.17, 15) is 14.4 Å². The van der Waals surface area contributed by atoms with E-state index < -0.39 is 24.6 Å². The fourth-order valence-electron chi connectivity index (χ4n) is 2.59. The highest BCUT2D eigenvalue weighted by Gasteiger charge is 2.25. The van der Waals surface area contributed by atoms with E-state index in [2.05, 4.69) is 10.6 Å². The fraction of sp³-hybridized carbons (Fsp3) is 0.318. The van der Waals surface area contributed by atoms with Gasteiger partial charge >= 0.3 is 5.97 Å². The number of para-hydroxylation sites is 1. The smallest absolute Gasteiger partial charge is 0.347 e. The SMILES string of the molecule is Cc1ccc(OC(C)C(=O)OCC(=O)Nc2ccccc2C(=O)NC2CC2)cc1. The maximum atomic E-state index is 12.3. The molecule has 1 unspecified atom stereocenters. The first-order valence-electron chi connectivity index (χ1n) is 9.52. The van der Waals surface area contributed by atoms with Crippen LogP contribution in [0.15, 0.2) is 48.5 Å². The van der Waals surface area contributed by atoms with Crippen LogP contribution >= 0.6 is 0 Å². The van der Waals surface area contributed by atoms with Crippen molar-refractivity contribution in [2.75, 3.05) is 11.9 Å². The predicted octanol–water partition coefficient (Wildman–Crippen LogP) is 2.84. The summed E-state index contributed by atoms with van der Waals surface area (Å²) in [6, 6.07) is 14.2. The van der Waals surface area contributed by atoms with Crippen LogP contribution in [0, 0.1) is 6.92 Å². The predicted molar refractivity (Wildman–Crippen MR) is 108 cm³/mol. The molecule has 2 amide bonds. The van der Waals surface area contributed by atoms with E-state index in [1.165, 1.54) is 0 Å². The average Bonchev–Trinajstić information content (AvgIpc) is 3.52. The lowest BCUT2D eigenvalue weighted by atomic mass is 10.1. The monoisotopic (exact) mass is 396 g/mol. The van der Waals surface area contributed by atoms with E-state index in [1.807, 2.05) is 19.1 Å². The van der Waals surface area contributed by atoms with Crippen LogP contribution in [0.5, 0.6) is 5.75 Å². The molecule has 1 saturated carbocycles. The number of ether oxygens (including phenoxy) is 2. The standard InChI is InChI=1S/C22H24N2O5/c1-14-7-11-17(12-8-14)29-15(2)22(27)28-13-20(25)24-19-6-4-3-5-18(19)21(26)23-16-9-10-16/h3-8,11-12,15-16H,9-10,13H2,1-2H3,(H,23,26)(H,24,25). The van der Waals surface area contributed by atoms with Crippen molar-refractivity contribution in [3.8, 4) is 5.75 Å². The number of amides is 2. The van der Waals surface area contributed by atoms with Crippen molar-refractivity contribution in [1.29, 1.82) is 0 Å². The number of carbonyl (C=O) groups is 3. The van der Waals surface area contributed by atoms with E-state index in [0.29, 0.717) is 17.0 Å². The molecule has 29 heavy (non-hydrogen) atoms. The lowest BCUT2D eigenvalue weighted by Crippen LogP contribution is -2.30. The third kappa shape index (κ3) is 6.07. The summed E-state index contributed by atoms with van der Waals surface area (Å²) < 4.78 is 10.5. The summed E-state index contributed by atoms with van der Waals surface area (Å²) in [5.41, 5.74) is 1.82. The van der Waals surface area contributed by atoms with Gasteiger partial charge in [-0.3, -0.25) is 9.59 Å². The van der Waals surface area contributed by atoms with Gasteiger partial charge in [-0.05, 0) is 51.0 Å². The molecular formula is C22H24N2O5. The summed E-state index contributed by atoms with van der Waals surface area (Å²) in [4.78, 5) is 36.6. The van der Waals surface area contributed by atoms with Crippen molar-refractivity contribution in [3.05, 3.63) is 59.7 Å². The molecule has 2 aromatic rings. The molecule has 1 aliphatic rings. The first-order valence-corrected chi connectivity index (χ1v) is 9.52. The number of anilines is 1. The molecule has 0 saturated heterocycles. The van der Waals surface area contributed by atoms with E-state index in [-0.39, 0.29) is 11.9 Å². The first-order chi connectivity index (χ1) is 13.9. The number of esters is 1. The molecule has 7 heteroatoms. The Morgan fingerprint density at radius 3 is 2.45 bits per heavy atom. The highest BCUT2D eigenvalue weighted by molar-refractivity contribution is 6.04. The van der Waals surface area contributed by atoms with Gasteiger partial charge in [0.1, 0.15) is 5.75 Å². The van der Waals surface area contributed by atoms with Crippen molar-refractivity contribution in [2.24, 2.45) is 0 Å². The molecule has 152 valence electrons. The van der Waals surface area contributed by atoms with Gasteiger partial charge in [0.05, 0.1) is 11.3 Å². The van der Waals surface area contributed by atoms with Crippen molar-refractivity contribution >= 4 is 23.5 Å². The zero-order chi connectivity index (χ0) is 20.8. The molecule has 0 aliphatic heterocycles. The largest absolute Gasteiger partial charge is 0.479 e. The minimum Gasteiger partial charge on any atom is -0.479 e. The topological polar surface area (TPSA) is 93.7 Å². The summed E-state index contributed by atoms with van der Waals surface area (Å²) >= 11 is 0. The van der Waals surface area contributed by atoms with Gasteiger partial charge in [0.25, 0.3) is 11.8 Å². The van der Waals surface area contributed by atoms with Gasteiger partial charge < -0.3 is 20.1 Å². The zero-order valence-corrected chi connectivity index (χ0v) is 16.4. The van der Waals surface area contributed by atoms with Crippen LogP contribution in [-0.4, -0.2) is 36.5 Å². The van der Waals surface area contributed by atoms with Gasteiger partial charge in [0.2, 0.25) is 0 Å². The second-order valence-corrected chi connectivity index (χ2v) is 7.02. The summed E-state index contributed by atoms with van der Waals surface area (Å²) in [5.74, 6) is -0.881. The lowest BCUT2D eigenvalue weighted by Gasteiger charge is -2.15. The summed E-state index contributed by atoms with van der Waals surface area (Å²) in [6.45, 7) is 3.03. The maximum Gasteiger partial charge on any atom is 0.347 e. The fourth-order valence-corrected chi connectivity index (χ4v) is 2.59. The van der Waals surface area contributed by atoms with Crippen molar-refractivity contribution in [2.45, 2.75) is 38.8 Å². The van der Waals surface area contributed by atoms with E-state index >= 15 is 0 Å². The molecule has 3 rings (SSSR count). The molecule has 2 N–H and O–H groups in total. The van der Waals surface area contributed by atoms with Gasteiger partial charge in [0, 0.05) is 6.04 Å². The van der Waals surface area contributed by atoms with Gasteiger partial charge in [-0.1, -0.05) is 29.8 Å². The number of aryl methyl sites for hydroxylation is 1. The van der Waals surface area contributed by atoms with Crippen LogP contribution in [0.1, 0.15) is 35.7 Å².